The number of esters is 1. The number of benzene rings is 4. The molecular formula is C39H34N4O8. The molecule has 4 aromatic rings. The molecule has 12 heteroatoms. The van der Waals surface area contributed by atoms with E-state index in [0.717, 1.165) is 5.56 Å². The molecule has 4 aromatic carbocycles. The van der Waals surface area contributed by atoms with Crippen LogP contribution in [0.5, 0.6) is 5.75 Å². The first-order valence-electron chi connectivity index (χ1n) is 16.4. The highest BCUT2D eigenvalue weighted by Crippen LogP contribution is 2.64. The summed E-state index contributed by atoms with van der Waals surface area (Å²) in [5, 5.41) is 26.0. The molecule has 258 valence electrons. The molecule has 1 spiro atoms. The molecule has 0 radical (unpaired) electrons. The van der Waals surface area contributed by atoms with Crippen molar-refractivity contribution in [1.82, 2.24) is 10.2 Å². The summed E-state index contributed by atoms with van der Waals surface area (Å²) in [5.41, 5.74) is 6.46. The maximum Gasteiger partial charge on any atom is 0.325 e. The van der Waals surface area contributed by atoms with Gasteiger partial charge in [0, 0.05) is 11.3 Å². The Morgan fingerprint density at radius 3 is 2.31 bits per heavy atom. The minimum atomic E-state index is -1.87. The Kier molecular flexibility index (Phi) is 8.91. The fourth-order valence-corrected chi connectivity index (χ4v) is 7.87. The van der Waals surface area contributed by atoms with Crippen molar-refractivity contribution in [3.8, 4) is 17.6 Å². The molecule has 2 fully saturated rings. The van der Waals surface area contributed by atoms with Crippen LogP contribution in [0.2, 0.25) is 0 Å². The van der Waals surface area contributed by atoms with Gasteiger partial charge in [0.15, 0.2) is 0 Å². The summed E-state index contributed by atoms with van der Waals surface area (Å²) in [4.78, 5) is 55.9. The van der Waals surface area contributed by atoms with Crippen LogP contribution in [-0.4, -0.2) is 64.8 Å². The largest absolute Gasteiger partial charge is 0.491 e. The number of primary amides is 1. The van der Waals surface area contributed by atoms with Crippen molar-refractivity contribution in [2.45, 2.75) is 29.6 Å². The third-order valence-electron chi connectivity index (χ3n) is 9.69. The Labute approximate surface area is 293 Å². The van der Waals surface area contributed by atoms with Gasteiger partial charge in [0.25, 0.3) is 0 Å². The van der Waals surface area contributed by atoms with Gasteiger partial charge < -0.3 is 36.1 Å². The topological polar surface area (TPSA) is 181 Å². The van der Waals surface area contributed by atoms with E-state index in [2.05, 4.69) is 22.5 Å². The Balaban J connectivity index is 1.51. The van der Waals surface area contributed by atoms with Crippen LogP contribution in [0.4, 0.5) is 10.5 Å². The van der Waals surface area contributed by atoms with E-state index in [0.29, 0.717) is 33.7 Å². The van der Waals surface area contributed by atoms with Crippen molar-refractivity contribution in [2.24, 2.45) is 11.7 Å². The minimum Gasteiger partial charge on any atom is -0.491 e. The predicted molar refractivity (Wildman–Crippen MR) is 184 cm³/mol. The van der Waals surface area contributed by atoms with Crippen LogP contribution in [0.15, 0.2) is 103 Å². The number of fused-ring (bicyclic) bond motifs is 3. The number of anilines is 1. The van der Waals surface area contributed by atoms with Crippen LogP contribution in [-0.2, 0) is 24.5 Å². The van der Waals surface area contributed by atoms with Crippen LogP contribution in [0.3, 0.4) is 0 Å². The number of nitrogens with zero attached hydrogens (tertiary/aromatic N) is 1. The number of rotatable bonds is 8. The fraction of sp³-hybridized carbons (Fsp3) is 0.231. The molecule has 3 heterocycles. The first-order chi connectivity index (χ1) is 24.7. The molecule has 0 aromatic heterocycles. The number of cyclic esters (lactones) is 1. The van der Waals surface area contributed by atoms with Crippen molar-refractivity contribution in [2.75, 3.05) is 25.1 Å². The summed E-state index contributed by atoms with van der Waals surface area (Å²) in [7, 11) is 0. The number of carbonyl (C=O) groups is 4. The van der Waals surface area contributed by atoms with Gasteiger partial charge in [-0.1, -0.05) is 84.6 Å². The Hall–Kier alpha value is -6.16. The zero-order chi connectivity index (χ0) is 35.7. The number of hydrogen-bond acceptors (Lipinski definition) is 8. The zero-order valence-electron chi connectivity index (χ0n) is 27.2. The van der Waals surface area contributed by atoms with E-state index in [9.17, 15) is 29.4 Å². The second-order valence-corrected chi connectivity index (χ2v) is 12.5. The number of urea groups is 1. The van der Waals surface area contributed by atoms with Gasteiger partial charge in [-0.25, -0.2) is 4.79 Å². The van der Waals surface area contributed by atoms with Crippen LogP contribution in [0.25, 0.3) is 0 Å². The highest BCUT2D eigenvalue weighted by molar-refractivity contribution is 6.11. The standard InChI is InChI=1S/C39H34N4O8/c40-38(49)41-18-8-9-23-16-17-29-28(21-23)39(37(48)42-29)30(35(45)46)32-36(47)51-33(25-12-5-2-6-13-25)31(24-10-3-1-4-11-24)43(32)34(39)26-14-7-15-27(22-26)50-20-19-44/h1-7,10-17,21-22,30-34,44H,18-20H2,(H,42,48)(H,45,46)(H3,40,41,49)/t30-,31-,32?,33+,34-,39-/m1/s1. The molecule has 7 rings (SSSR count). The number of nitrogens with one attached hydrogen (secondary N) is 2. The zero-order valence-corrected chi connectivity index (χ0v) is 27.2. The van der Waals surface area contributed by atoms with Crippen molar-refractivity contribution in [3.05, 3.63) is 131 Å². The van der Waals surface area contributed by atoms with Gasteiger partial charge in [0.1, 0.15) is 35.8 Å². The molecule has 1 unspecified atom stereocenters. The third-order valence-corrected chi connectivity index (χ3v) is 9.69. The average molecular weight is 687 g/mol. The molecule has 2 saturated heterocycles. The van der Waals surface area contributed by atoms with E-state index in [1.165, 1.54) is 0 Å². The van der Waals surface area contributed by atoms with Gasteiger partial charge >= 0.3 is 18.0 Å². The average Bonchev–Trinajstić information content (AvgIpc) is 3.62. The number of carboxylic acids is 1. The Bertz CT molecular complexity index is 2060. The lowest BCUT2D eigenvalue weighted by Crippen LogP contribution is -2.52. The Morgan fingerprint density at radius 2 is 1.63 bits per heavy atom. The SMILES string of the molecule is NC(=O)NCC#Cc1ccc2c(c1)[C@@]1(C(=O)N2)[C@@H](C(=O)O)C2C(=O)O[C@@H](c3ccccc3)[C@@H](c3ccccc3)N2[C@@H]1c1cccc(OCCO)c1. The van der Waals surface area contributed by atoms with Gasteiger partial charge in [-0.15, -0.1) is 0 Å². The number of carbonyl (C=O) groups excluding carboxylic acids is 3. The molecule has 3 amide bonds. The number of aliphatic carboxylic acids is 1. The molecule has 0 aliphatic carbocycles. The highest BCUT2D eigenvalue weighted by Gasteiger charge is 2.74. The van der Waals surface area contributed by atoms with Crippen LogP contribution >= 0.6 is 0 Å². The van der Waals surface area contributed by atoms with E-state index in [1.807, 2.05) is 65.6 Å². The number of ether oxygens (including phenoxy) is 2. The first kappa shape index (κ1) is 33.3. The van der Waals surface area contributed by atoms with E-state index in [1.54, 1.807) is 42.5 Å². The van der Waals surface area contributed by atoms with Crippen molar-refractivity contribution in [1.29, 1.82) is 0 Å². The maximum atomic E-state index is 14.8. The monoisotopic (exact) mass is 686 g/mol. The normalized spacial score (nSPS) is 24.8. The van der Waals surface area contributed by atoms with E-state index < -0.39 is 59.4 Å². The summed E-state index contributed by atoms with van der Waals surface area (Å²) in [6.45, 7) is -0.256. The lowest BCUT2D eigenvalue weighted by atomic mass is 9.65. The summed E-state index contributed by atoms with van der Waals surface area (Å²) in [6.07, 6.45) is -0.864. The summed E-state index contributed by atoms with van der Waals surface area (Å²) >= 11 is 0. The molecule has 3 aliphatic heterocycles. The first-order valence-corrected chi connectivity index (χ1v) is 16.4. The number of aliphatic hydroxyl groups is 1. The Morgan fingerprint density at radius 1 is 0.922 bits per heavy atom. The molecule has 0 saturated carbocycles. The maximum absolute atomic E-state index is 14.8. The molecule has 51 heavy (non-hydrogen) atoms. The fourth-order valence-electron chi connectivity index (χ4n) is 7.87. The van der Waals surface area contributed by atoms with E-state index in [4.69, 9.17) is 15.2 Å². The minimum absolute atomic E-state index is 0.00829. The number of carboxylic acid groups (broad SMARTS) is 1. The van der Waals surface area contributed by atoms with Crippen molar-refractivity contribution >= 4 is 29.6 Å². The quantitative estimate of drug-likeness (QED) is 0.137. The van der Waals surface area contributed by atoms with E-state index in [-0.39, 0.29) is 19.8 Å². The molecule has 0 bridgehead atoms. The second kappa shape index (κ2) is 13.6. The lowest BCUT2D eigenvalue weighted by molar-refractivity contribution is -0.179. The van der Waals surface area contributed by atoms with Crippen molar-refractivity contribution < 1.29 is 38.9 Å². The molecule has 3 aliphatic rings. The summed E-state index contributed by atoms with van der Waals surface area (Å²) in [6, 6.07) is 26.6. The van der Waals surface area contributed by atoms with Crippen LogP contribution in [0, 0.1) is 17.8 Å². The second-order valence-electron chi connectivity index (χ2n) is 12.5. The van der Waals surface area contributed by atoms with Gasteiger partial charge in [0.2, 0.25) is 5.91 Å². The van der Waals surface area contributed by atoms with Gasteiger partial charge in [-0.05, 0) is 52.6 Å². The van der Waals surface area contributed by atoms with Crippen LogP contribution in [0.1, 0.15) is 46.0 Å². The number of nitrogens with two attached hydrogens (primary N) is 1. The molecular weight excluding hydrogens is 652 g/mol. The molecule has 6 atom stereocenters. The number of hydrogen-bond donors (Lipinski definition) is 5. The number of aliphatic hydroxyl groups excluding tert-OH is 1. The molecule has 6 N–H and O–H groups in total. The van der Waals surface area contributed by atoms with E-state index >= 15 is 0 Å². The summed E-state index contributed by atoms with van der Waals surface area (Å²) in [5.74, 6) is 1.84. The van der Waals surface area contributed by atoms with Gasteiger partial charge in [-0.2, -0.15) is 0 Å². The van der Waals surface area contributed by atoms with Gasteiger partial charge in [-0.3, -0.25) is 19.3 Å². The number of morpholine rings is 1. The van der Waals surface area contributed by atoms with Crippen LogP contribution < -0.4 is 21.1 Å². The van der Waals surface area contributed by atoms with Crippen molar-refractivity contribution in [3.63, 3.8) is 0 Å². The van der Waals surface area contributed by atoms with Gasteiger partial charge in [0.05, 0.1) is 25.2 Å². The summed E-state index contributed by atoms with van der Waals surface area (Å²) < 4.78 is 12.0. The lowest BCUT2D eigenvalue weighted by Gasteiger charge is -2.46. The molecule has 12 nitrogen and oxygen atoms in total. The smallest absolute Gasteiger partial charge is 0.325 e. The third kappa shape index (κ3) is 5.72. The number of amides is 3. The predicted octanol–water partition coefficient (Wildman–Crippen LogP) is 3.43. The highest BCUT2D eigenvalue weighted by atomic mass is 16.6.